The molecular formula is C17H20BCl2NO3. The Bertz CT molecular complexity index is 708. The van der Waals surface area contributed by atoms with Gasteiger partial charge in [0.15, 0.2) is 0 Å². The van der Waals surface area contributed by atoms with Gasteiger partial charge < -0.3 is 15.0 Å². The van der Waals surface area contributed by atoms with Crippen LogP contribution in [0.5, 0.6) is 0 Å². The highest BCUT2D eigenvalue weighted by Gasteiger charge is 2.09. The van der Waals surface area contributed by atoms with E-state index in [0.717, 1.165) is 16.8 Å². The third kappa shape index (κ3) is 6.44. The van der Waals surface area contributed by atoms with Crippen molar-refractivity contribution in [3.8, 4) is 0 Å². The van der Waals surface area contributed by atoms with Gasteiger partial charge in [0.05, 0.1) is 22.7 Å². The number of carbonyl (C=O) groups excluding carboxylic acids is 1. The van der Waals surface area contributed by atoms with Crippen LogP contribution in [0.1, 0.15) is 21.5 Å². The first-order valence-corrected chi connectivity index (χ1v) is 8.05. The largest absolute Gasteiger partial charge is 0.465 e. The quantitative estimate of drug-likeness (QED) is 0.614. The first kappa shape index (κ1) is 20.4. The SMILES string of the molecule is CB(O)Nc1ccc(C)cc1Cl.COC(=O)c1ccc(C)cc1Cl. The summed E-state index contributed by atoms with van der Waals surface area (Å²) in [7, 11) is 0.753. The Balaban J connectivity index is 0.000000240. The topological polar surface area (TPSA) is 58.6 Å². The number of benzene rings is 2. The third-order valence-corrected chi connectivity index (χ3v) is 3.64. The maximum absolute atomic E-state index is 11.0. The Morgan fingerprint density at radius 3 is 2.08 bits per heavy atom. The lowest BCUT2D eigenvalue weighted by molar-refractivity contribution is 0.0601. The minimum atomic E-state index is -0.579. The van der Waals surface area contributed by atoms with Crippen LogP contribution in [0.3, 0.4) is 0 Å². The van der Waals surface area contributed by atoms with E-state index in [9.17, 15) is 4.79 Å². The van der Waals surface area contributed by atoms with E-state index in [4.69, 9.17) is 28.2 Å². The average Bonchev–Trinajstić information content (AvgIpc) is 2.50. The lowest BCUT2D eigenvalue weighted by atomic mass is 9.88. The summed E-state index contributed by atoms with van der Waals surface area (Å²) in [6, 6.07) is 10.8. The fourth-order valence-corrected chi connectivity index (χ4v) is 2.46. The van der Waals surface area contributed by atoms with Crippen molar-refractivity contribution in [1.29, 1.82) is 0 Å². The molecule has 0 bridgehead atoms. The zero-order valence-electron chi connectivity index (χ0n) is 14.1. The van der Waals surface area contributed by atoms with E-state index in [-0.39, 0.29) is 0 Å². The van der Waals surface area contributed by atoms with Crippen molar-refractivity contribution in [2.75, 3.05) is 12.3 Å². The Labute approximate surface area is 152 Å². The molecule has 0 radical (unpaired) electrons. The summed E-state index contributed by atoms with van der Waals surface area (Å²) in [5.74, 6) is -0.403. The number of ether oxygens (including phenoxy) is 1. The predicted molar refractivity (Wildman–Crippen MR) is 101 cm³/mol. The number of hydrogen-bond acceptors (Lipinski definition) is 4. The van der Waals surface area contributed by atoms with Crippen molar-refractivity contribution in [3.63, 3.8) is 0 Å². The smallest absolute Gasteiger partial charge is 0.406 e. The normalized spacial score (nSPS) is 9.62. The van der Waals surface area contributed by atoms with Crippen molar-refractivity contribution < 1.29 is 14.6 Å². The van der Waals surface area contributed by atoms with Crippen molar-refractivity contribution in [2.45, 2.75) is 20.7 Å². The van der Waals surface area contributed by atoms with Gasteiger partial charge in [0, 0.05) is 5.69 Å². The molecule has 0 aliphatic carbocycles. The molecule has 0 amide bonds. The Morgan fingerprint density at radius 1 is 1.08 bits per heavy atom. The van der Waals surface area contributed by atoms with Crippen LogP contribution in [0, 0.1) is 13.8 Å². The first-order chi connectivity index (χ1) is 11.2. The molecule has 24 heavy (non-hydrogen) atoms. The number of methoxy groups -OCH3 is 1. The first-order valence-electron chi connectivity index (χ1n) is 7.29. The van der Waals surface area contributed by atoms with Crippen LogP contribution in [0.25, 0.3) is 0 Å². The van der Waals surface area contributed by atoms with Gasteiger partial charge in [0.2, 0.25) is 0 Å². The fourth-order valence-electron chi connectivity index (χ4n) is 1.86. The van der Waals surface area contributed by atoms with Crippen molar-refractivity contribution in [1.82, 2.24) is 0 Å². The van der Waals surface area contributed by atoms with E-state index in [1.807, 2.05) is 38.1 Å². The monoisotopic (exact) mass is 367 g/mol. The van der Waals surface area contributed by atoms with Crippen molar-refractivity contribution >= 4 is 41.9 Å². The molecule has 2 rings (SSSR count). The standard InChI is InChI=1S/C9H9ClO2.C8H11BClNO/c1-6-3-4-7(8(10)5-6)9(11)12-2;1-6-3-4-8(7(10)5-6)11-9(2)12/h3-5H,1-2H3;3-5,11-12H,1-2H3. The lowest BCUT2D eigenvalue weighted by Gasteiger charge is -2.08. The van der Waals surface area contributed by atoms with Crippen LogP contribution < -0.4 is 5.23 Å². The number of hydrogen-bond donors (Lipinski definition) is 2. The molecule has 0 spiro atoms. The fraction of sp³-hybridized carbons (Fsp3) is 0.235. The molecule has 0 saturated heterocycles. The summed E-state index contributed by atoms with van der Waals surface area (Å²) in [5.41, 5.74) is 3.30. The zero-order chi connectivity index (χ0) is 18.3. The van der Waals surface area contributed by atoms with Crippen LogP contribution in [0.2, 0.25) is 16.9 Å². The molecule has 0 aliphatic rings. The highest BCUT2D eigenvalue weighted by atomic mass is 35.5. The molecular weight excluding hydrogens is 348 g/mol. The maximum atomic E-state index is 11.0. The maximum Gasteiger partial charge on any atom is 0.406 e. The van der Waals surface area contributed by atoms with Crippen LogP contribution >= 0.6 is 23.2 Å². The minimum Gasteiger partial charge on any atom is -0.465 e. The molecule has 0 aromatic heterocycles. The second kappa shape index (κ2) is 9.57. The summed E-state index contributed by atoms with van der Waals surface area (Å²) in [4.78, 5) is 11.0. The van der Waals surface area contributed by atoms with Crippen LogP contribution in [0.4, 0.5) is 5.69 Å². The van der Waals surface area contributed by atoms with Gasteiger partial charge in [0.25, 0.3) is 0 Å². The number of halogens is 2. The summed E-state index contributed by atoms with van der Waals surface area (Å²) < 4.78 is 4.53. The Morgan fingerprint density at radius 2 is 1.62 bits per heavy atom. The Hall–Kier alpha value is -1.69. The Kier molecular flexibility index (Phi) is 8.12. The molecule has 2 aromatic carbocycles. The van der Waals surface area contributed by atoms with Crippen molar-refractivity contribution in [2.24, 2.45) is 0 Å². The number of aryl methyl sites for hydroxylation is 2. The van der Waals surface area contributed by atoms with Crippen LogP contribution in [0.15, 0.2) is 36.4 Å². The average molecular weight is 368 g/mol. The van der Waals surface area contributed by atoms with Crippen LogP contribution in [-0.2, 0) is 4.74 Å². The van der Waals surface area contributed by atoms with E-state index < -0.39 is 13.0 Å². The minimum absolute atomic E-state index is 0.403. The van der Waals surface area contributed by atoms with E-state index in [1.165, 1.54) is 7.11 Å². The van der Waals surface area contributed by atoms with Gasteiger partial charge in [-0.05, 0) is 56.1 Å². The number of nitrogens with one attached hydrogen (secondary N) is 1. The van der Waals surface area contributed by atoms with Gasteiger partial charge in [-0.1, -0.05) is 35.3 Å². The molecule has 0 unspecified atom stereocenters. The van der Waals surface area contributed by atoms with Gasteiger partial charge in [-0.25, -0.2) is 4.79 Å². The van der Waals surface area contributed by atoms with E-state index in [0.29, 0.717) is 15.6 Å². The zero-order valence-corrected chi connectivity index (χ0v) is 15.6. The predicted octanol–water partition coefficient (Wildman–Crippen LogP) is 4.61. The van der Waals surface area contributed by atoms with E-state index in [1.54, 1.807) is 19.0 Å². The molecule has 0 atom stereocenters. The molecule has 2 N–H and O–H groups in total. The molecule has 128 valence electrons. The molecule has 0 fully saturated rings. The molecule has 0 aliphatic heterocycles. The molecule has 2 aromatic rings. The van der Waals surface area contributed by atoms with Gasteiger partial charge >= 0.3 is 13.0 Å². The van der Waals surface area contributed by atoms with Crippen LogP contribution in [-0.4, -0.2) is 25.2 Å². The number of esters is 1. The summed E-state index contributed by atoms with van der Waals surface area (Å²) in [6.45, 7) is 5.53. The number of rotatable bonds is 3. The van der Waals surface area contributed by atoms with Gasteiger partial charge in [-0.2, -0.15) is 0 Å². The van der Waals surface area contributed by atoms with Gasteiger partial charge in [-0.15, -0.1) is 0 Å². The number of carbonyl (C=O) groups is 1. The molecule has 4 nitrogen and oxygen atoms in total. The molecule has 7 heteroatoms. The van der Waals surface area contributed by atoms with Gasteiger partial charge in [-0.3, -0.25) is 0 Å². The highest BCUT2D eigenvalue weighted by Crippen LogP contribution is 2.22. The second-order valence-electron chi connectivity index (χ2n) is 5.28. The molecule has 0 saturated carbocycles. The summed E-state index contributed by atoms with van der Waals surface area (Å²) >= 11 is 11.7. The summed E-state index contributed by atoms with van der Waals surface area (Å²) in [6.07, 6.45) is 0. The molecule has 0 heterocycles. The van der Waals surface area contributed by atoms with Gasteiger partial charge in [0.1, 0.15) is 0 Å². The summed E-state index contributed by atoms with van der Waals surface area (Å²) in [5, 5.41) is 12.9. The van der Waals surface area contributed by atoms with Crippen molar-refractivity contribution in [3.05, 3.63) is 63.1 Å². The highest BCUT2D eigenvalue weighted by molar-refractivity contribution is 6.53. The second-order valence-corrected chi connectivity index (χ2v) is 6.09. The lowest BCUT2D eigenvalue weighted by Crippen LogP contribution is -2.19. The third-order valence-electron chi connectivity index (χ3n) is 3.02. The van der Waals surface area contributed by atoms with E-state index >= 15 is 0 Å². The van der Waals surface area contributed by atoms with E-state index in [2.05, 4.69) is 9.96 Å². The number of anilines is 1.